The van der Waals surface area contributed by atoms with E-state index in [4.69, 9.17) is 4.98 Å². The van der Waals surface area contributed by atoms with Crippen LogP contribution in [0.2, 0.25) is 0 Å². The number of hydrogen-bond acceptors (Lipinski definition) is 1. The van der Waals surface area contributed by atoms with Gasteiger partial charge in [0.2, 0.25) is 0 Å². The number of para-hydroxylation sites is 1. The van der Waals surface area contributed by atoms with E-state index in [2.05, 4.69) is 63.8 Å². The topological polar surface area (TPSA) is 17.8 Å². The molecule has 102 valence electrons. The summed E-state index contributed by atoms with van der Waals surface area (Å²) in [6.45, 7) is 3.23. The third-order valence-electron chi connectivity index (χ3n) is 3.50. The van der Waals surface area contributed by atoms with Gasteiger partial charge in [-0.3, -0.25) is 0 Å². The van der Waals surface area contributed by atoms with E-state index in [1.165, 1.54) is 17.5 Å². The normalized spacial score (nSPS) is 11.1. The molecule has 3 aromatic rings. The summed E-state index contributed by atoms with van der Waals surface area (Å²) in [4.78, 5) is 4.85. The van der Waals surface area contributed by atoms with E-state index >= 15 is 0 Å². The number of halogens is 1. The van der Waals surface area contributed by atoms with Gasteiger partial charge >= 0.3 is 0 Å². The van der Waals surface area contributed by atoms with Crippen LogP contribution in [0.3, 0.4) is 0 Å². The number of nitrogens with zero attached hydrogens (tertiary/aromatic N) is 2. The molecule has 0 fully saturated rings. The molecule has 0 atom stereocenters. The molecule has 1 aromatic heterocycles. The molecule has 3 heteroatoms. The van der Waals surface area contributed by atoms with E-state index in [1.807, 2.05) is 12.1 Å². The molecule has 0 amide bonds. The second-order valence-electron chi connectivity index (χ2n) is 4.91. The average Bonchev–Trinajstić information content (AvgIpc) is 2.86. The minimum absolute atomic E-state index is 1.01. The minimum atomic E-state index is 1.01. The van der Waals surface area contributed by atoms with Crippen LogP contribution in [0.1, 0.15) is 19.8 Å². The molecule has 0 aliphatic carbocycles. The fourth-order valence-electron chi connectivity index (χ4n) is 2.46. The van der Waals surface area contributed by atoms with Gasteiger partial charge in [-0.1, -0.05) is 49.7 Å². The standard InChI is InChI=1S/C17H17BrN2/c1-2-3-12-20-15-11-7-10-14(18)16(15)19-17(20)13-8-5-4-6-9-13/h4-11H,2-3,12H2,1H3. The molecular weight excluding hydrogens is 312 g/mol. The SMILES string of the molecule is CCCCn1c(-c2ccccc2)nc2c(Br)cccc21. The van der Waals surface area contributed by atoms with E-state index in [9.17, 15) is 0 Å². The number of imidazole rings is 1. The Morgan fingerprint density at radius 3 is 2.60 bits per heavy atom. The number of aromatic nitrogens is 2. The fraction of sp³-hybridized carbons (Fsp3) is 0.235. The van der Waals surface area contributed by atoms with Gasteiger partial charge in [-0.15, -0.1) is 0 Å². The van der Waals surface area contributed by atoms with Crippen molar-refractivity contribution in [3.05, 3.63) is 53.0 Å². The Hall–Kier alpha value is -1.61. The molecule has 2 aromatic carbocycles. The van der Waals surface area contributed by atoms with Crippen LogP contribution >= 0.6 is 15.9 Å². The van der Waals surface area contributed by atoms with Crippen LogP contribution in [0.15, 0.2) is 53.0 Å². The molecule has 0 bridgehead atoms. The number of aryl methyl sites for hydroxylation is 1. The summed E-state index contributed by atoms with van der Waals surface area (Å²) in [5, 5.41) is 0. The molecule has 0 saturated heterocycles. The van der Waals surface area contributed by atoms with Gasteiger partial charge in [-0.2, -0.15) is 0 Å². The lowest BCUT2D eigenvalue weighted by Gasteiger charge is -2.08. The average molecular weight is 329 g/mol. The van der Waals surface area contributed by atoms with Gasteiger partial charge in [0, 0.05) is 16.6 Å². The zero-order valence-electron chi connectivity index (χ0n) is 11.5. The molecule has 0 spiro atoms. The molecule has 0 aliphatic rings. The predicted octanol–water partition coefficient (Wildman–Crippen LogP) is 5.27. The molecule has 0 saturated carbocycles. The van der Waals surface area contributed by atoms with Crippen molar-refractivity contribution in [2.24, 2.45) is 0 Å². The van der Waals surface area contributed by atoms with Gasteiger partial charge in [-0.25, -0.2) is 4.98 Å². The summed E-state index contributed by atoms with van der Waals surface area (Å²) in [5.41, 5.74) is 3.42. The van der Waals surface area contributed by atoms with Gasteiger partial charge in [0.05, 0.1) is 5.52 Å². The van der Waals surface area contributed by atoms with Crippen molar-refractivity contribution >= 4 is 27.0 Å². The van der Waals surface area contributed by atoms with Crippen LogP contribution in [-0.2, 0) is 6.54 Å². The maximum Gasteiger partial charge on any atom is 0.141 e. The van der Waals surface area contributed by atoms with E-state index < -0.39 is 0 Å². The fourth-order valence-corrected chi connectivity index (χ4v) is 2.91. The first-order valence-electron chi connectivity index (χ1n) is 7.01. The highest BCUT2D eigenvalue weighted by molar-refractivity contribution is 9.10. The first-order valence-corrected chi connectivity index (χ1v) is 7.80. The number of benzene rings is 2. The Kier molecular flexibility index (Phi) is 3.88. The molecule has 0 N–H and O–H groups in total. The quantitative estimate of drug-likeness (QED) is 0.638. The molecule has 1 heterocycles. The molecular formula is C17H17BrN2. The Morgan fingerprint density at radius 1 is 1.05 bits per heavy atom. The molecule has 0 unspecified atom stereocenters. The number of unbranched alkanes of at least 4 members (excludes halogenated alkanes) is 1. The van der Waals surface area contributed by atoms with Crippen molar-refractivity contribution < 1.29 is 0 Å². The highest BCUT2D eigenvalue weighted by atomic mass is 79.9. The van der Waals surface area contributed by atoms with Crippen molar-refractivity contribution in [1.82, 2.24) is 9.55 Å². The summed E-state index contributed by atoms with van der Waals surface area (Å²) in [5.74, 6) is 1.06. The molecule has 0 aliphatic heterocycles. The molecule has 0 radical (unpaired) electrons. The van der Waals surface area contributed by atoms with E-state index in [0.29, 0.717) is 0 Å². The zero-order valence-corrected chi connectivity index (χ0v) is 13.1. The number of hydrogen-bond donors (Lipinski definition) is 0. The van der Waals surface area contributed by atoms with Gasteiger partial charge in [0.25, 0.3) is 0 Å². The Morgan fingerprint density at radius 2 is 1.85 bits per heavy atom. The maximum absolute atomic E-state index is 4.85. The van der Waals surface area contributed by atoms with Gasteiger partial charge < -0.3 is 4.57 Å². The zero-order chi connectivity index (χ0) is 13.9. The van der Waals surface area contributed by atoms with Gasteiger partial charge in [-0.05, 0) is 34.5 Å². The van der Waals surface area contributed by atoms with Crippen molar-refractivity contribution in [3.63, 3.8) is 0 Å². The predicted molar refractivity (Wildman–Crippen MR) is 87.8 cm³/mol. The second kappa shape index (κ2) is 5.80. The second-order valence-corrected chi connectivity index (χ2v) is 5.77. The van der Waals surface area contributed by atoms with Crippen molar-refractivity contribution in [3.8, 4) is 11.4 Å². The summed E-state index contributed by atoms with van der Waals surface area (Å²) in [7, 11) is 0. The lowest BCUT2D eigenvalue weighted by Crippen LogP contribution is -2.00. The van der Waals surface area contributed by atoms with Crippen LogP contribution in [0, 0.1) is 0 Å². The Balaban J connectivity index is 2.22. The Bertz CT molecular complexity index is 716. The van der Waals surface area contributed by atoms with E-state index in [-0.39, 0.29) is 0 Å². The van der Waals surface area contributed by atoms with Crippen LogP contribution < -0.4 is 0 Å². The molecule has 20 heavy (non-hydrogen) atoms. The summed E-state index contributed by atoms with van der Waals surface area (Å²) in [6, 6.07) is 16.7. The third-order valence-corrected chi connectivity index (χ3v) is 4.14. The summed E-state index contributed by atoms with van der Waals surface area (Å²) in [6.07, 6.45) is 2.35. The summed E-state index contributed by atoms with van der Waals surface area (Å²) < 4.78 is 3.39. The van der Waals surface area contributed by atoms with Crippen LogP contribution in [-0.4, -0.2) is 9.55 Å². The lowest BCUT2D eigenvalue weighted by atomic mass is 10.2. The molecule has 2 nitrogen and oxygen atoms in total. The number of rotatable bonds is 4. The highest BCUT2D eigenvalue weighted by Gasteiger charge is 2.13. The van der Waals surface area contributed by atoms with Crippen molar-refractivity contribution in [1.29, 1.82) is 0 Å². The van der Waals surface area contributed by atoms with Crippen LogP contribution in [0.4, 0.5) is 0 Å². The first-order chi connectivity index (χ1) is 9.81. The van der Waals surface area contributed by atoms with E-state index in [0.717, 1.165) is 28.8 Å². The summed E-state index contributed by atoms with van der Waals surface area (Å²) >= 11 is 3.61. The first kappa shape index (κ1) is 13.4. The van der Waals surface area contributed by atoms with Gasteiger partial charge in [0.1, 0.15) is 11.3 Å². The number of fused-ring (bicyclic) bond motifs is 1. The van der Waals surface area contributed by atoms with Crippen LogP contribution in [0.25, 0.3) is 22.4 Å². The largest absolute Gasteiger partial charge is 0.324 e. The minimum Gasteiger partial charge on any atom is -0.324 e. The van der Waals surface area contributed by atoms with Crippen molar-refractivity contribution in [2.75, 3.05) is 0 Å². The van der Waals surface area contributed by atoms with Gasteiger partial charge in [0.15, 0.2) is 0 Å². The molecule has 3 rings (SSSR count). The monoisotopic (exact) mass is 328 g/mol. The third kappa shape index (κ3) is 2.38. The van der Waals surface area contributed by atoms with Crippen LogP contribution in [0.5, 0.6) is 0 Å². The van der Waals surface area contributed by atoms with Crippen molar-refractivity contribution in [2.45, 2.75) is 26.3 Å². The maximum atomic E-state index is 4.85. The Labute approximate surface area is 127 Å². The lowest BCUT2D eigenvalue weighted by molar-refractivity contribution is 0.651. The smallest absolute Gasteiger partial charge is 0.141 e. The highest BCUT2D eigenvalue weighted by Crippen LogP contribution is 2.29. The van der Waals surface area contributed by atoms with E-state index in [1.54, 1.807) is 0 Å².